The van der Waals surface area contributed by atoms with Crippen LogP contribution in [0.25, 0.3) is 0 Å². The molecular formula is C20H27F3N4O4. The first-order valence-electron chi connectivity index (χ1n) is 10.7. The fourth-order valence-electron chi connectivity index (χ4n) is 4.50. The number of ether oxygens (including phenoxy) is 2. The Bertz CT molecular complexity index is 869. The molecular weight excluding hydrogens is 417 g/mol. The number of aromatic nitrogens is 2. The van der Waals surface area contributed by atoms with Crippen molar-refractivity contribution in [2.24, 2.45) is 5.92 Å². The SMILES string of the molecule is C[C@@H]1COCCN1c1cc(=O)n2c(n1)N(CC(=O)C1CCOCC1)CCC2C(F)(F)F. The molecule has 31 heavy (non-hydrogen) atoms. The minimum atomic E-state index is -4.58. The smallest absolute Gasteiger partial charge is 0.381 e. The molecule has 0 bridgehead atoms. The van der Waals surface area contributed by atoms with Crippen LogP contribution in [0.5, 0.6) is 0 Å². The Morgan fingerprint density at radius 1 is 1.16 bits per heavy atom. The minimum absolute atomic E-state index is 0.00763. The molecule has 2 saturated heterocycles. The van der Waals surface area contributed by atoms with Crippen molar-refractivity contribution in [3.05, 3.63) is 16.4 Å². The van der Waals surface area contributed by atoms with Crippen LogP contribution in [0, 0.1) is 5.92 Å². The summed E-state index contributed by atoms with van der Waals surface area (Å²) in [5.74, 6) is -0.00928. The molecule has 172 valence electrons. The molecule has 2 atom stereocenters. The maximum absolute atomic E-state index is 13.7. The Balaban J connectivity index is 1.69. The van der Waals surface area contributed by atoms with Gasteiger partial charge in [0.2, 0.25) is 5.95 Å². The number of anilines is 2. The summed E-state index contributed by atoms with van der Waals surface area (Å²) in [6, 6.07) is -0.857. The van der Waals surface area contributed by atoms with Gasteiger partial charge in [0.25, 0.3) is 5.56 Å². The quantitative estimate of drug-likeness (QED) is 0.701. The van der Waals surface area contributed by atoms with E-state index in [0.717, 1.165) is 6.07 Å². The molecule has 1 unspecified atom stereocenters. The molecule has 0 aromatic carbocycles. The summed E-state index contributed by atoms with van der Waals surface area (Å²) in [7, 11) is 0. The number of rotatable bonds is 4. The van der Waals surface area contributed by atoms with Gasteiger partial charge >= 0.3 is 6.18 Å². The first-order valence-corrected chi connectivity index (χ1v) is 10.7. The number of carbonyl (C=O) groups excluding carboxylic acids is 1. The summed E-state index contributed by atoms with van der Waals surface area (Å²) in [5.41, 5.74) is -0.760. The van der Waals surface area contributed by atoms with Gasteiger partial charge in [-0.25, -0.2) is 0 Å². The van der Waals surface area contributed by atoms with Crippen LogP contribution in [0.3, 0.4) is 0 Å². The van der Waals surface area contributed by atoms with E-state index in [1.807, 2.05) is 11.8 Å². The maximum Gasteiger partial charge on any atom is 0.409 e. The molecule has 3 aliphatic heterocycles. The van der Waals surface area contributed by atoms with Crippen molar-refractivity contribution in [1.29, 1.82) is 0 Å². The van der Waals surface area contributed by atoms with E-state index in [2.05, 4.69) is 4.98 Å². The third kappa shape index (κ3) is 4.57. The minimum Gasteiger partial charge on any atom is -0.381 e. The van der Waals surface area contributed by atoms with Crippen LogP contribution in [0.1, 0.15) is 32.2 Å². The summed E-state index contributed by atoms with van der Waals surface area (Å²) in [5, 5.41) is 0. The molecule has 3 aliphatic rings. The molecule has 0 saturated carbocycles. The lowest BCUT2D eigenvalue weighted by Gasteiger charge is -2.39. The lowest BCUT2D eigenvalue weighted by Crippen LogP contribution is -2.49. The van der Waals surface area contributed by atoms with Gasteiger partial charge in [0, 0.05) is 38.3 Å². The zero-order valence-corrected chi connectivity index (χ0v) is 17.4. The number of hydrogen-bond donors (Lipinski definition) is 0. The maximum atomic E-state index is 13.7. The summed E-state index contributed by atoms with van der Waals surface area (Å²) in [4.78, 5) is 33.5. The summed E-state index contributed by atoms with van der Waals surface area (Å²) in [6.45, 7) is 4.22. The van der Waals surface area contributed by atoms with Crippen LogP contribution in [-0.2, 0) is 14.3 Å². The molecule has 2 fully saturated rings. The largest absolute Gasteiger partial charge is 0.409 e. The first-order chi connectivity index (χ1) is 14.8. The second kappa shape index (κ2) is 8.78. The van der Waals surface area contributed by atoms with E-state index < -0.39 is 17.8 Å². The van der Waals surface area contributed by atoms with Crippen LogP contribution >= 0.6 is 0 Å². The number of Topliss-reactive ketones (excluding diaryl/α,β-unsaturated/α-hetero) is 1. The number of alkyl halides is 3. The van der Waals surface area contributed by atoms with Gasteiger partial charge in [-0.05, 0) is 26.2 Å². The second-order valence-electron chi connectivity index (χ2n) is 8.36. The van der Waals surface area contributed by atoms with E-state index in [1.165, 1.54) is 4.90 Å². The number of halogens is 3. The van der Waals surface area contributed by atoms with E-state index in [1.54, 1.807) is 0 Å². The lowest BCUT2D eigenvalue weighted by atomic mass is 9.95. The summed E-state index contributed by atoms with van der Waals surface area (Å²) >= 11 is 0. The number of morpholine rings is 1. The van der Waals surface area contributed by atoms with Gasteiger partial charge in [-0.2, -0.15) is 18.2 Å². The van der Waals surface area contributed by atoms with E-state index in [0.29, 0.717) is 56.2 Å². The van der Waals surface area contributed by atoms with Gasteiger partial charge < -0.3 is 19.3 Å². The Morgan fingerprint density at radius 3 is 2.58 bits per heavy atom. The van der Waals surface area contributed by atoms with Crippen LogP contribution in [0.4, 0.5) is 24.9 Å². The molecule has 1 aromatic heterocycles. The van der Waals surface area contributed by atoms with Crippen molar-refractivity contribution in [3.8, 4) is 0 Å². The van der Waals surface area contributed by atoms with Crippen molar-refractivity contribution >= 4 is 17.5 Å². The van der Waals surface area contributed by atoms with Gasteiger partial charge in [-0.15, -0.1) is 0 Å². The summed E-state index contributed by atoms with van der Waals surface area (Å²) in [6.07, 6.45) is -3.68. The highest BCUT2D eigenvalue weighted by atomic mass is 19.4. The molecule has 0 aliphatic carbocycles. The Kier molecular flexibility index (Phi) is 6.25. The highest BCUT2D eigenvalue weighted by molar-refractivity contribution is 5.85. The molecule has 1 aromatic rings. The number of ketones is 1. The molecule has 4 heterocycles. The number of hydrogen-bond acceptors (Lipinski definition) is 7. The zero-order chi connectivity index (χ0) is 22.2. The second-order valence-corrected chi connectivity index (χ2v) is 8.36. The van der Waals surface area contributed by atoms with Gasteiger partial charge in [0.1, 0.15) is 11.9 Å². The summed E-state index contributed by atoms with van der Waals surface area (Å²) < 4.78 is 52.5. The zero-order valence-electron chi connectivity index (χ0n) is 17.4. The Hall–Kier alpha value is -2.14. The number of fused-ring (bicyclic) bond motifs is 1. The van der Waals surface area contributed by atoms with Crippen molar-refractivity contribution in [2.45, 2.75) is 44.4 Å². The Morgan fingerprint density at radius 2 is 1.90 bits per heavy atom. The Labute approximate surface area is 177 Å². The van der Waals surface area contributed by atoms with E-state index in [4.69, 9.17) is 9.47 Å². The number of carbonyl (C=O) groups is 1. The molecule has 0 N–H and O–H groups in total. The number of nitrogens with zero attached hydrogens (tertiary/aromatic N) is 4. The van der Waals surface area contributed by atoms with Gasteiger partial charge in [0.15, 0.2) is 5.78 Å². The van der Waals surface area contributed by atoms with E-state index >= 15 is 0 Å². The topological polar surface area (TPSA) is 76.9 Å². The van der Waals surface area contributed by atoms with E-state index in [-0.39, 0.29) is 43.2 Å². The van der Waals surface area contributed by atoms with Crippen LogP contribution in [0.2, 0.25) is 0 Å². The van der Waals surface area contributed by atoms with Gasteiger partial charge in [-0.3, -0.25) is 14.2 Å². The van der Waals surface area contributed by atoms with Crippen molar-refractivity contribution < 1.29 is 27.4 Å². The first kappa shape index (κ1) is 22.1. The normalized spacial score (nSPS) is 25.4. The predicted octanol–water partition coefficient (Wildman–Crippen LogP) is 1.78. The van der Waals surface area contributed by atoms with Gasteiger partial charge in [0.05, 0.1) is 25.8 Å². The molecule has 8 nitrogen and oxygen atoms in total. The highest BCUT2D eigenvalue weighted by Gasteiger charge is 2.46. The lowest BCUT2D eigenvalue weighted by molar-refractivity contribution is -0.170. The van der Waals surface area contributed by atoms with E-state index in [9.17, 15) is 22.8 Å². The highest BCUT2D eigenvalue weighted by Crippen LogP contribution is 2.38. The van der Waals surface area contributed by atoms with Crippen molar-refractivity contribution in [1.82, 2.24) is 9.55 Å². The molecule has 0 amide bonds. The fourth-order valence-corrected chi connectivity index (χ4v) is 4.50. The van der Waals surface area contributed by atoms with Crippen molar-refractivity contribution in [2.75, 3.05) is 55.9 Å². The fraction of sp³-hybridized carbons (Fsp3) is 0.750. The van der Waals surface area contributed by atoms with Gasteiger partial charge in [-0.1, -0.05) is 0 Å². The van der Waals surface area contributed by atoms with Crippen LogP contribution < -0.4 is 15.4 Å². The predicted molar refractivity (Wildman–Crippen MR) is 107 cm³/mol. The average molecular weight is 444 g/mol. The van der Waals surface area contributed by atoms with Crippen LogP contribution in [0.15, 0.2) is 10.9 Å². The van der Waals surface area contributed by atoms with Crippen LogP contribution in [-0.4, -0.2) is 73.6 Å². The third-order valence-corrected chi connectivity index (χ3v) is 6.25. The molecule has 0 radical (unpaired) electrons. The molecule has 11 heteroatoms. The molecule has 0 spiro atoms. The monoisotopic (exact) mass is 444 g/mol. The molecule has 4 rings (SSSR count). The average Bonchev–Trinajstić information content (AvgIpc) is 2.74. The third-order valence-electron chi connectivity index (χ3n) is 6.25. The van der Waals surface area contributed by atoms with Crippen molar-refractivity contribution in [3.63, 3.8) is 0 Å². The standard InChI is InChI=1S/C20H27F3N4O4/c1-13-12-31-9-6-26(13)17-10-18(29)27-16(20(21,22)23)2-5-25(19(27)24-17)11-15(28)14-3-7-30-8-4-14/h10,13-14,16H,2-9,11-12H2,1H3/t13-,16?/m1/s1.